The second kappa shape index (κ2) is 13.4. The van der Waals surface area contributed by atoms with Crippen molar-refractivity contribution in [3.05, 3.63) is 93.7 Å². The molecule has 0 fully saturated rings. The highest BCUT2D eigenvalue weighted by Gasteiger charge is 2.11. The van der Waals surface area contributed by atoms with Gasteiger partial charge < -0.3 is 14.6 Å². The fourth-order valence-corrected chi connectivity index (χ4v) is 4.75. The van der Waals surface area contributed by atoms with Gasteiger partial charge >= 0.3 is 0 Å². The molecule has 4 aromatic rings. The maximum absolute atomic E-state index is 12.3. The fraction of sp³-hybridized carbons (Fsp3) is 0.355. The zero-order chi connectivity index (χ0) is 26.0. The molecule has 1 amide bonds. The second-order valence-electron chi connectivity index (χ2n) is 9.50. The number of para-hydroxylation sites is 2. The van der Waals surface area contributed by atoms with Crippen molar-refractivity contribution >= 4 is 32.9 Å². The molecule has 0 saturated heterocycles. The number of aryl methyl sites for hydroxylation is 3. The summed E-state index contributed by atoms with van der Waals surface area (Å²) in [6.45, 7) is 6.58. The molecule has 0 atom stereocenters. The van der Waals surface area contributed by atoms with Crippen LogP contribution in [0.15, 0.2) is 71.2 Å². The van der Waals surface area contributed by atoms with Crippen molar-refractivity contribution in [1.82, 2.24) is 14.9 Å². The molecule has 194 valence electrons. The van der Waals surface area contributed by atoms with Crippen LogP contribution in [0.3, 0.4) is 0 Å². The first-order valence-corrected chi connectivity index (χ1v) is 14.0. The predicted octanol–water partition coefficient (Wildman–Crippen LogP) is 7.42. The number of benzene rings is 3. The Bertz CT molecular complexity index is 1310. The van der Waals surface area contributed by atoms with Crippen LogP contribution in [0.25, 0.3) is 11.0 Å². The number of halogens is 1. The van der Waals surface area contributed by atoms with E-state index in [0.717, 1.165) is 73.2 Å². The van der Waals surface area contributed by atoms with Gasteiger partial charge in [-0.15, -0.1) is 0 Å². The largest absolute Gasteiger partial charge is 0.493 e. The van der Waals surface area contributed by atoms with E-state index >= 15 is 0 Å². The van der Waals surface area contributed by atoms with Crippen LogP contribution < -0.4 is 10.1 Å². The summed E-state index contributed by atoms with van der Waals surface area (Å²) in [5.41, 5.74) is 5.44. The van der Waals surface area contributed by atoms with E-state index in [1.807, 2.05) is 24.3 Å². The lowest BCUT2D eigenvalue weighted by atomic mass is 10.1. The molecule has 0 aliphatic heterocycles. The van der Waals surface area contributed by atoms with Crippen LogP contribution in [0.5, 0.6) is 5.75 Å². The minimum atomic E-state index is -0.0177. The van der Waals surface area contributed by atoms with Gasteiger partial charge in [0.2, 0.25) is 0 Å². The fourth-order valence-electron chi connectivity index (χ4n) is 4.49. The van der Waals surface area contributed by atoms with Crippen LogP contribution in [0.2, 0.25) is 0 Å². The van der Waals surface area contributed by atoms with Crippen LogP contribution in [0, 0.1) is 13.8 Å². The molecule has 1 heterocycles. The molecule has 0 aliphatic carbocycles. The molecular formula is C31H36BrN3O2. The maximum Gasteiger partial charge on any atom is 0.251 e. The summed E-state index contributed by atoms with van der Waals surface area (Å²) >= 11 is 3.40. The van der Waals surface area contributed by atoms with Gasteiger partial charge in [0, 0.05) is 29.5 Å². The molecule has 0 bridgehead atoms. The standard InChI is InChI=1S/C31H36BrN3O2/c1-23-11-10-14-29(24(23)2)37-22-9-8-21-35-28-13-6-5-12-27(28)34-30(35)15-4-3-7-20-33-31(36)25-16-18-26(32)19-17-25/h5-6,10-14,16-19H,3-4,7-9,15,20-22H2,1-2H3,(H,33,36). The smallest absolute Gasteiger partial charge is 0.251 e. The van der Waals surface area contributed by atoms with Crippen molar-refractivity contribution in [2.24, 2.45) is 0 Å². The number of nitrogens with one attached hydrogen (secondary N) is 1. The topological polar surface area (TPSA) is 56.1 Å². The van der Waals surface area contributed by atoms with Gasteiger partial charge in [0.25, 0.3) is 5.91 Å². The van der Waals surface area contributed by atoms with Crippen molar-refractivity contribution in [2.45, 2.75) is 58.9 Å². The molecule has 5 nitrogen and oxygen atoms in total. The van der Waals surface area contributed by atoms with Crippen molar-refractivity contribution in [3.8, 4) is 5.75 Å². The number of imidazole rings is 1. The second-order valence-corrected chi connectivity index (χ2v) is 10.4. The monoisotopic (exact) mass is 561 g/mol. The van der Waals surface area contributed by atoms with Gasteiger partial charge in [-0.2, -0.15) is 0 Å². The third kappa shape index (κ3) is 7.45. The lowest BCUT2D eigenvalue weighted by Crippen LogP contribution is -2.24. The van der Waals surface area contributed by atoms with E-state index in [4.69, 9.17) is 9.72 Å². The van der Waals surface area contributed by atoms with Crippen LogP contribution in [0.1, 0.15) is 59.4 Å². The number of hydrogen-bond donors (Lipinski definition) is 1. The Balaban J connectivity index is 1.22. The first kappa shape index (κ1) is 26.9. The quantitative estimate of drug-likeness (QED) is 0.173. The maximum atomic E-state index is 12.3. The number of rotatable bonds is 13. The predicted molar refractivity (Wildman–Crippen MR) is 154 cm³/mol. The first-order valence-electron chi connectivity index (χ1n) is 13.2. The molecule has 3 aromatic carbocycles. The number of carbonyl (C=O) groups is 1. The van der Waals surface area contributed by atoms with Crippen LogP contribution >= 0.6 is 15.9 Å². The zero-order valence-electron chi connectivity index (χ0n) is 21.8. The van der Waals surface area contributed by atoms with E-state index in [-0.39, 0.29) is 5.91 Å². The summed E-state index contributed by atoms with van der Waals surface area (Å²) in [5, 5.41) is 3.02. The molecule has 37 heavy (non-hydrogen) atoms. The number of aromatic nitrogens is 2. The van der Waals surface area contributed by atoms with Crippen molar-refractivity contribution in [3.63, 3.8) is 0 Å². The minimum absolute atomic E-state index is 0.0177. The van der Waals surface area contributed by atoms with Gasteiger partial charge in [-0.3, -0.25) is 4.79 Å². The molecular weight excluding hydrogens is 526 g/mol. The highest BCUT2D eigenvalue weighted by atomic mass is 79.9. The molecule has 0 unspecified atom stereocenters. The average molecular weight is 563 g/mol. The first-order chi connectivity index (χ1) is 18.0. The van der Waals surface area contributed by atoms with Crippen LogP contribution in [0.4, 0.5) is 0 Å². The number of carbonyl (C=O) groups excluding carboxylic acids is 1. The summed E-state index contributed by atoms with van der Waals surface area (Å²) in [4.78, 5) is 17.2. The molecule has 0 spiro atoms. The summed E-state index contributed by atoms with van der Waals surface area (Å²) in [6, 6.07) is 22.1. The molecule has 0 aliphatic rings. The van der Waals surface area contributed by atoms with E-state index in [1.54, 1.807) is 0 Å². The third-order valence-corrected chi connectivity index (χ3v) is 7.32. The Morgan fingerprint density at radius 2 is 1.73 bits per heavy atom. The SMILES string of the molecule is Cc1cccc(OCCCCn2c(CCCCCNC(=O)c3ccc(Br)cc3)nc3ccccc32)c1C. The summed E-state index contributed by atoms with van der Waals surface area (Å²) < 4.78 is 9.40. The number of nitrogens with zero attached hydrogens (tertiary/aromatic N) is 2. The molecule has 6 heteroatoms. The lowest BCUT2D eigenvalue weighted by Gasteiger charge is -2.12. The van der Waals surface area contributed by atoms with E-state index in [2.05, 4.69) is 82.1 Å². The van der Waals surface area contributed by atoms with Crippen LogP contribution in [-0.2, 0) is 13.0 Å². The zero-order valence-corrected chi connectivity index (χ0v) is 23.4. The molecule has 1 N–H and O–H groups in total. The highest BCUT2D eigenvalue weighted by molar-refractivity contribution is 9.10. The normalized spacial score (nSPS) is 11.1. The van der Waals surface area contributed by atoms with Crippen molar-refractivity contribution in [2.75, 3.05) is 13.2 Å². The third-order valence-electron chi connectivity index (χ3n) is 6.79. The Kier molecular flexibility index (Phi) is 9.78. The summed E-state index contributed by atoms with van der Waals surface area (Å²) in [5.74, 6) is 2.12. The minimum Gasteiger partial charge on any atom is -0.493 e. The molecule has 0 radical (unpaired) electrons. The molecule has 0 saturated carbocycles. The number of unbranched alkanes of at least 4 members (excludes halogenated alkanes) is 3. The van der Waals surface area contributed by atoms with Crippen LogP contribution in [-0.4, -0.2) is 28.6 Å². The molecule has 1 aromatic heterocycles. The number of amides is 1. The van der Waals surface area contributed by atoms with Gasteiger partial charge in [-0.1, -0.05) is 46.6 Å². The van der Waals surface area contributed by atoms with Gasteiger partial charge in [0.1, 0.15) is 11.6 Å². The van der Waals surface area contributed by atoms with Gasteiger partial charge in [0.05, 0.1) is 17.6 Å². The highest BCUT2D eigenvalue weighted by Crippen LogP contribution is 2.22. The molecule has 4 rings (SSSR count). The summed E-state index contributed by atoms with van der Waals surface area (Å²) in [7, 11) is 0. The van der Waals surface area contributed by atoms with E-state index in [1.165, 1.54) is 16.6 Å². The van der Waals surface area contributed by atoms with Crippen molar-refractivity contribution < 1.29 is 9.53 Å². The Morgan fingerprint density at radius 3 is 2.57 bits per heavy atom. The number of fused-ring (bicyclic) bond motifs is 1. The number of hydrogen-bond acceptors (Lipinski definition) is 3. The van der Waals surface area contributed by atoms with E-state index in [0.29, 0.717) is 12.1 Å². The van der Waals surface area contributed by atoms with Gasteiger partial charge in [0.15, 0.2) is 0 Å². The summed E-state index contributed by atoms with van der Waals surface area (Å²) in [6.07, 6.45) is 6.03. The van der Waals surface area contributed by atoms with Gasteiger partial charge in [-0.25, -0.2) is 4.98 Å². The van der Waals surface area contributed by atoms with E-state index in [9.17, 15) is 4.79 Å². The Hall–Kier alpha value is -3.12. The van der Waals surface area contributed by atoms with Crippen molar-refractivity contribution in [1.29, 1.82) is 0 Å². The Morgan fingerprint density at radius 1 is 0.919 bits per heavy atom. The lowest BCUT2D eigenvalue weighted by molar-refractivity contribution is 0.0953. The van der Waals surface area contributed by atoms with Gasteiger partial charge in [-0.05, 0) is 93.1 Å². The van der Waals surface area contributed by atoms with E-state index < -0.39 is 0 Å². The Labute approximate surface area is 228 Å². The number of ether oxygens (including phenoxy) is 1. The average Bonchev–Trinajstić information content (AvgIpc) is 3.25.